The van der Waals surface area contributed by atoms with Crippen molar-refractivity contribution in [2.45, 2.75) is 52.4 Å². The Kier molecular flexibility index (Phi) is 7.83. The van der Waals surface area contributed by atoms with Gasteiger partial charge in [-0.1, -0.05) is 57.6 Å². The third-order valence-electron chi connectivity index (χ3n) is 3.71. The molecule has 0 unspecified atom stereocenters. The minimum Gasteiger partial charge on any atom is -0.490 e. The van der Waals surface area contributed by atoms with Gasteiger partial charge in [0.05, 0.1) is 19.0 Å². The fraction of sp³-hybridized carbons (Fsp3) is 0.429. The second-order valence-electron chi connectivity index (χ2n) is 5.85. The molecule has 0 radical (unpaired) electrons. The first-order valence-corrected chi connectivity index (χ1v) is 8.87. The molecule has 2 rings (SSSR count). The third kappa shape index (κ3) is 6.42. The van der Waals surface area contributed by atoms with Crippen LogP contribution < -0.4 is 4.74 Å². The molecule has 0 atom stereocenters. The van der Waals surface area contributed by atoms with Gasteiger partial charge in [-0.3, -0.25) is 0 Å². The van der Waals surface area contributed by atoms with Crippen molar-refractivity contribution < 1.29 is 4.74 Å². The van der Waals surface area contributed by atoms with Crippen LogP contribution in [0.4, 0.5) is 0 Å². The van der Waals surface area contributed by atoms with Crippen LogP contribution in [0.15, 0.2) is 36.7 Å². The van der Waals surface area contributed by atoms with Gasteiger partial charge >= 0.3 is 0 Å². The number of unbranched alkanes of at least 4 members (excludes halogenated alkanes) is 3. The number of nitrogens with zero attached hydrogens (tertiary/aromatic N) is 2. The molecule has 1 aromatic heterocycles. The van der Waals surface area contributed by atoms with Gasteiger partial charge in [-0.25, -0.2) is 9.97 Å². The molecule has 0 amide bonds. The van der Waals surface area contributed by atoms with Gasteiger partial charge in [-0.05, 0) is 36.5 Å². The summed E-state index contributed by atoms with van der Waals surface area (Å²) in [6.07, 6.45) is 10.4. The maximum absolute atomic E-state index is 5.63. The lowest BCUT2D eigenvalue weighted by Gasteiger charge is -2.04. The van der Waals surface area contributed by atoms with E-state index in [4.69, 9.17) is 4.74 Å². The normalized spacial score (nSPS) is 10.1. The Hall–Kier alpha value is -2.34. The quantitative estimate of drug-likeness (QED) is 0.518. The topological polar surface area (TPSA) is 35.0 Å². The molecule has 0 fully saturated rings. The summed E-state index contributed by atoms with van der Waals surface area (Å²) >= 11 is 0. The zero-order valence-electron chi connectivity index (χ0n) is 14.7. The molecule has 0 bridgehead atoms. The van der Waals surface area contributed by atoms with Crippen LogP contribution in [-0.4, -0.2) is 16.6 Å². The Labute approximate surface area is 145 Å². The molecule has 3 heteroatoms. The molecule has 1 heterocycles. The van der Waals surface area contributed by atoms with Crippen LogP contribution in [0.1, 0.15) is 62.9 Å². The first-order valence-electron chi connectivity index (χ1n) is 8.87. The molecule has 0 saturated heterocycles. The molecule has 0 aliphatic rings. The Morgan fingerprint density at radius 3 is 2.29 bits per heavy atom. The summed E-state index contributed by atoms with van der Waals surface area (Å²) in [6.45, 7) is 5.11. The van der Waals surface area contributed by atoms with Crippen molar-refractivity contribution in [3.05, 3.63) is 53.6 Å². The summed E-state index contributed by atoms with van der Waals surface area (Å²) in [7, 11) is 0. The Morgan fingerprint density at radius 1 is 0.875 bits per heavy atom. The largest absolute Gasteiger partial charge is 0.490 e. The first-order chi connectivity index (χ1) is 11.8. The minimum absolute atomic E-state index is 0.519. The van der Waals surface area contributed by atoms with Gasteiger partial charge in [-0.15, -0.1) is 0 Å². The number of rotatable bonds is 8. The fourth-order valence-electron chi connectivity index (χ4n) is 2.35. The fourth-order valence-corrected chi connectivity index (χ4v) is 2.35. The summed E-state index contributed by atoms with van der Waals surface area (Å²) < 4.78 is 5.63. The van der Waals surface area contributed by atoms with Crippen LogP contribution in [0.2, 0.25) is 0 Å². The summed E-state index contributed by atoms with van der Waals surface area (Å²) in [5, 5.41) is 0. The van der Waals surface area contributed by atoms with Gasteiger partial charge in [0.25, 0.3) is 0 Å². The number of hydrogen-bond acceptors (Lipinski definition) is 3. The van der Waals surface area contributed by atoms with Crippen LogP contribution in [0.5, 0.6) is 5.75 Å². The van der Waals surface area contributed by atoms with E-state index in [1.165, 1.54) is 24.8 Å². The standard InChI is InChI=1S/C21H26N2O/c1-3-5-6-7-15-24-20-16-22-21(23-17-20)14-13-19-11-9-18(8-4-2)10-12-19/h9-12,16-17H,3-8,15H2,1-2H3. The Balaban J connectivity index is 1.85. The van der Waals surface area contributed by atoms with Crippen molar-refractivity contribution in [3.63, 3.8) is 0 Å². The van der Waals surface area contributed by atoms with Crippen molar-refractivity contribution >= 4 is 0 Å². The lowest BCUT2D eigenvalue weighted by Crippen LogP contribution is -1.99. The van der Waals surface area contributed by atoms with Crippen LogP contribution in [-0.2, 0) is 6.42 Å². The second-order valence-corrected chi connectivity index (χ2v) is 5.85. The molecule has 2 aromatic rings. The highest BCUT2D eigenvalue weighted by Gasteiger charge is 1.97. The Bertz CT molecular complexity index is 651. The summed E-state index contributed by atoms with van der Waals surface area (Å²) in [6, 6.07) is 8.35. The van der Waals surface area contributed by atoms with E-state index in [1.54, 1.807) is 12.4 Å². The molecule has 0 N–H and O–H groups in total. The molecule has 0 aliphatic heterocycles. The number of benzene rings is 1. The van der Waals surface area contributed by atoms with Crippen LogP contribution in [0.25, 0.3) is 0 Å². The number of hydrogen-bond donors (Lipinski definition) is 0. The monoisotopic (exact) mass is 322 g/mol. The first kappa shape index (κ1) is 18.0. The molecular weight excluding hydrogens is 296 g/mol. The van der Waals surface area contributed by atoms with Crippen molar-refractivity contribution in [1.29, 1.82) is 0 Å². The van der Waals surface area contributed by atoms with Crippen molar-refractivity contribution in [2.75, 3.05) is 6.61 Å². The molecule has 0 aliphatic carbocycles. The summed E-state index contributed by atoms with van der Waals surface area (Å²) in [5.41, 5.74) is 2.33. The van der Waals surface area contributed by atoms with Gasteiger partial charge in [0.2, 0.25) is 5.82 Å². The Morgan fingerprint density at radius 2 is 1.62 bits per heavy atom. The molecule has 0 spiro atoms. The number of ether oxygens (including phenoxy) is 1. The highest BCUT2D eigenvalue weighted by molar-refractivity contribution is 5.39. The zero-order chi connectivity index (χ0) is 17.0. The van der Waals surface area contributed by atoms with E-state index >= 15 is 0 Å². The SMILES string of the molecule is CCCCCCOc1cnc(C#Cc2ccc(CCC)cc2)nc1. The van der Waals surface area contributed by atoms with Crippen LogP contribution in [0.3, 0.4) is 0 Å². The maximum atomic E-state index is 5.63. The van der Waals surface area contributed by atoms with Crippen molar-refractivity contribution in [3.8, 4) is 17.6 Å². The second kappa shape index (κ2) is 10.4. The minimum atomic E-state index is 0.519. The lowest BCUT2D eigenvalue weighted by molar-refractivity contribution is 0.302. The van der Waals surface area contributed by atoms with E-state index in [2.05, 4.69) is 47.8 Å². The zero-order valence-corrected chi connectivity index (χ0v) is 14.7. The predicted octanol–water partition coefficient (Wildman–Crippen LogP) is 4.79. The molecule has 1 aromatic carbocycles. The molecule has 0 saturated carbocycles. The van der Waals surface area contributed by atoms with E-state index in [-0.39, 0.29) is 0 Å². The van der Waals surface area contributed by atoms with Crippen LogP contribution in [0, 0.1) is 11.8 Å². The summed E-state index contributed by atoms with van der Waals surface area (Å²) in [5.74, 6) is 7.32. The number of aromatic nitrogens is 2. The van der Waals surface area contributed by atoms with E-state index in [9.17, 15) is 0 Å². The van der Waals surface area contributed by atoms with Gasteiger partial charge in [0, 0.05) is 5.56 Å². The molecule has 3 nitrogen and oxygen atoms in total. The van der Waals surface area contributed by atoms with Gasteiger partial charge in [0.15, 0.2) is 5.75 Å². The van der Waals surface area contributed by atoms with E-state index in [0.717, 1.165) is 31.4 Å². The van der Waals surface area contributed by atoms with Gasteiger partial charge in [-0.2, -0.15) is 0 Å². The van der Waals surface area contributed by atoms with E-state index in [0.29, 0.717) is 11.6 Å². The smallest absolute Gasteiger partial charge is 0.205 e. The molecular formula is C21H26N2O. The molecule has 126 valence electrons. The maximum Gasteiger partial charge on any atom is 0.205 e. The third-order valence-corrected chi connectivity index (χ3v) is 3.71. The molecule has 24 heavy (non-hydrogen) atoms. The van der Waals surface area contributed by atoms with Crippen molar-refractivity contribution in [1.82, 2.24) is 9.97 Å². The average Bonchev–Trinajstić information content (AvgIpc) is 2.62. The van der Waals surface area contributed by atoms with Crippen molar-refractivity contribution in [2.24, 2.45) is 0 Å². The van der Waals surface area contributed by atoms with E-state index < -0.39 is 0 Å². The lowest BCUT2D eigenvalue weighted by atomic mass is 10.1. The van der Waals surface area contributed by atoms with Crippen LogP contribution >= 0.6 is 0 Å². The summed E-state index contributed by atoms with van der Waals surface area (Å²) in [4.78, 5) is 8.49. The highest BCUT2D eigenvalue weighted by Crippen LogP contribution is 2.08. The number of aryl methyl sites for hydroxylation is 1. The predicted molar refractivity (Wildman–Crippen MR) is 98.1 cm³/mol. The highest BCUT2D eigenvalue weighted by atomic mass is 16.5. The van der Waals surface area contributed by atoms with E-state index in [1.807, 2.05) is 12.1 Å². The average molecular weight is 322 g/mol. The van der Waals surface area contributed by atoms with Gasteiger partial charge < -0.3 is 4.74 Å². The van der Waals surface area contributed by atoms with Gasteiger partial charge in [0.1, 0.15) is 0 Å².